The van der Waals surface area contributed by atoms with Crippen LogP contribution in [0.2, 0.25) is 0 Å². The predicted molar refractivity (Wildman–Crippen MR) is 114 cm³/mol. The van der Waals surface area contributed by atoms with Crippen molar-refractivity contribution in [1.82, 2.24) is 5.32 Å². The van der Waals surface area contributed by atoms with Gasteiger partial charge >= 0.3 is 0 Å². The van der Waals surface area contributed by atoms with Crippen molar-refractivity contribution in [3.8, 4) is 0 Å². The van der Waals surface area contributed by atoms with Crippen molar-refractivity contribution in [2.24, 2.45) is 34.5 Å². The molecule has 28 heavy (non-hydrogen) atoms. The molecule has 1 aromatic rings. The highest BCUT2D eigenvalue weighted by Crippen LogP contribution is 2.66. The van der Waals surface area contributed by atoms with E-state index in [1.165, 1.54) is 64.2 Å². The molecular weight excluding hydrogens is 342 g/mol. The fourth-order valence-electron chi connectivity index (χ4n) is 8.28. The topological polar surface area (TPSA) is 29.1 Å². The number of carbonyl (C=O) groups excluding carboxylic acids is 1. The van der Waals surface area contributed by atoms with Crippen LogP contribution < -0.4 is 5.32 Å². The maximum absolute atomic E-state index is 13.1. The zero-order valence-electron chi connectivity index (χ0n) is 17.8. The maximum atomic E-state index is 13.1. The molecule has 1 amide bonds. The number of carbonyl (C=O) groups is 1. The third-order valence-electron chi connectivity index (χ3n) is 9.77. The van der Waals surface area contributed by atoms with E-state index >= 15 is 0 Å². The van der Waals surface area contributed by atoms with Gasteiger partial charge < -0.3 is 5.32 Å². The molecule has 4 fully saturated rings. The Morgan fingerprint density at radius 2 is 1.75 bits per heavy atom. The third-order valence-corrected chi connectivity index (χ3v) is 9.77. The van der Waals surface area contributed by atoms with Gasteiger partial charge in [0.05, 0.1) is 0 Å². The number of hydrogen-bond donors (Lipinski definition) is 1. The van der Waals surface area contributed by atoms with Gasteiger partial charge in [0.1, 0.15) is 0 Å². The zero-order valence-corrected chi connectivity index (χ0v) is 17.8. The minimum absolute atomic E-state index is 0.147. The molecule has 152 valence electrons. The number of benzene rings is 1. The predicted octanol–water partition coefficient (Wildman–Crippen LogP) is 6.22. The lowest BCUT2D eigenvalue weighted by Gasteiger charge is -2.62. The number of rotatable bonds is 2. The molecule has 2 heteroatoms. The molecule has 2 nitrogen and oxygen atoms in total. The second-order valence-electron chi connectivity index (χ2n) is 11.0. The number of nitrogens with one attached hydrogen (secondary N) is 1. The molecule has 0 aromatic heterocycles. The third kappa shape index (κ3) is 2.85. The van der Waals surface area contributed by atoms with Crippen LogP contribution in [0.1, 0.15) is 88.4 Å². The molecule has 0 radical (unpaired) electrons. The summed E-state index contributed by atoms with van der Waals surface area (Å²) in [5, 5.41) is 3.58. The SMILES string of the molecule is C[C@@]12CCC[C@H]1[C@@H]1[C@@H](NC(=O)c3ccccc3)C[C@H]3CCCC[C@]3(C)[C@H]1CC2. The molecule has 7 atom stereocenters. The minimum atomic E-state index is 0.147. The summed E-state index contributed by atoms with van der Waals surface area (Å²) in [4.78, 5) is 13.1. The summed E-state index contributed by atoms with van der Waals surface area (Å²) in [5.74, 6) is 3.26. The van der Waals surface area contributed by atoms with Gasteiger partial charge in [-0.3, -0.25) is 4.79 Å². The van der Waals surface area contributed by atoms with Gasteiger partial charge in [-0.2, -0.15) is 0 Å². The largest absolute Gasteiger partial charge is 0.349 e. The van der Waals surface area contributed by atoms with E-state index < -0.39 is 0 Å². The van der Waals surface area contributed by atoms with Crippen molar-refractivity contribution < 1.29 is 4.79 Å². The van der Waals surface area contributed by atoms with E-state index in [-0.39, 0.29) is 5.91 Å². The molecule has 1 aromatic carbocycles. The Morgan fingerprint density at radius 3 is 2.57 bits per heavy atom. The van der Waals surface area contributed by atoms with Crippen LogP contribution in [0.3, 0.4) is 0 Å². The summed E-state index contributed by atoms with van der Waals surface area (Å²) >= 11 is 0. The second kappa shape index (κ2) is 6.89. The average Bonchev–Trinajstić information content (AvgIpc) is 3.10. The van der Waals surface area contributed by atoms with Crippen LogP contribution in [0.15, 0.2) is 30.3 Å². The Kier molecular flexibility index (Phi) is 4.60. The van der Waals surface area contributed by atoms with Crippen molar-refractivity contribution in [2.45, 2.75) is 84.1 Å². The Hall–Kier alpha value is -1.31. The van der Waals surface area contributed by atoms with Crippen LogP contribution in [0.4, 0.5) is 0 Å². The first-order valence-electron chi connectivity index (χ1n) is 11.9. The molecule has 4 aliphatic rings. The summed E-state index contributed by atoms with van der Waals surface area (Å²) in [6.45, 7) is 5.19. The summed E-state index contributed by atoms with van der Waals surface area (Å²) in [7, 11) is 0. The first-order valence-corrected chi connectivity index (χ1v) is 11.9. The van der Waals surface area contributed by atoms with E-state index in [1.807, 2.05) is 30.3 Å². The van der Waals surface area contributed by atoms with E-state index in [2.05, 4.69) is 19.2 Å². The standard InChI is InChI=1S/C26H37NO/c1-25-14-8-12-20(25)23-21(13-16-25)26(2)15-7-6-11-19(26)17-22(23)27-24(28)18-9-4-3-5-10-18/h3-5,9-10,19-23H,6-8,11-17H2,1-2H3,(H,27,28)/t19-,20+,21+,22+,23+,25+,26+/m1/s1. The first kappa shape index (κ1) is 18.7. The average molecular weight is 380 g/mol. The van der Waals surface area contributed by atoms with Gasteiger partial charge in [-0.25, -0.2) is 0 Å². The van der Waals surface area contributed by atoms with Crippen LogP contribution >= 0.6 is 0 Å². The van der Waals surface area contributed by atoms with Crippen LogP contribution in [0.5, 0.6) is 0 Å². The van der Waals surface area contributed by atoms with E-state index in [4.69, 9.17) is 0 Å². The van der Waals surface area contributed by atoms with Crippen molar-refractivity contribution in [1.29, 1.82) is 0 Å². The quantitative estimate of drug-likeness (QED) is 0.649. The molecule has 0 heterocycles. The second-order valence-corrected chi connectivity index (χ2v) is 11.0. The number of amides is 1. The lowest BCUT2D eigenvalue weighted by Crippen LogP contribution is -2.61. The first-order chi connectivity index (χ1) is 13.5. The summed E-state index contributed by atoms with van der Waals surface area (Å²) in [6, 6.07) is 10.2. The van der Waals surface area contributed by atoms with Crippen LogP contribution in [0, 0.1) is 34.5 Å². The Labute approximate surface area is 170 Å². The van der Waals surface area contributed by atoms with Gasteiger partial charge in [0.2, 0.25) is 0 Å². The summed E-state index contributed by atoms with van der Waals surface area (Å²) < 4.78 is 0. The van der Waals surface area contributed by atoms with E-state index in [9.17, 15) is 4.79 Å². The molecule has 1 N–H and O–H groups in total. The van der Waals surface area contributed by atoms with Gasteiger partial charge in [-0.15, -0.1) is 0 Å². The van der Waals surface area contributed by atoms with Gasteiger partial charge in [-0.05, 0) is 91.6 Å². The normalized spacial score (nSPS) is 44.9. The molecule has 4 aliphatic carbocycles. The maximum Gasteiger partial charge on any atom is 0.251 e. The summed E-state index contributed by atoms with van der Waals surface area (Å²) in [5.41, 5.74) is 1.86. The molecule has 0 spiro atoms. The fraction of sp³-hybridized carbons (Fsp3) is 0.731. The minimum Gasteiger partial charge on any atom is -0.349 e. The molecule has 0 aliphatic heterocycles. The zero-order chi connectivity index (χ0) is 19.4. The van der Waals surface area contributed by atoms with Crippen molar-refractivity contribution >= 4 is 5.91 Å². The van der Waals surface area contributed by atoms with E-state index in [0.717, 1.165) is 23.3 Å². The highest BCUT2D eigenvalue weighted by Gasteiger charge is 2.60. The van der Waals surface area contributed by atoms with E-state index in [1.54, 1.807) is 0 Å². The molecule has 0 bridgehead atoms. The Morgan fingerprint density at radius 1 is 0.929 bits per heavy atom. The van der Waals surface area contributed by atoms with Gasteiger partial charge in [-0.1, -0.05) is 51.3 Å². The Bertz CT molecular complexity index is 729. The molecule has 4 saturated carbocycles. The van der Waals surface area contributed by atoms with E-state index in [0.29, 0.717) is 22.8 Å². The highest BCUT2D eigenvalue weighted by molar-refractivity contribution is 5.94. The monoisotopic (exact) mass is 379 g/mol. The van der Waals surface area contributed by atoms with Crippen LogP contribution in [-0.2, 0) is 0 Å². The lowest BCUT2D eigenvalue weighted by atomic mass is 9.44. The van der Waals surface area contributed by atoms with Gasteiger partial charge in [0.15, 0.2) is 0 Å². The van der Waals surface area contributed by atoms with Gasteiger partial charge in [0, 0.05) is 11.6 Å². The van der Waals surface area contributed by atoms with Crippen molar-refractivity contribution in [3.05, 3.63) is 35.9 Å². The smallest absolute Gasteiger partial charge is 0.251 e. The Balaban J connectivity index is 1.47. The van der Waals surface area contributed by atoms with Crippen LogP contribution in [-0.4, -0.2) is 11.9 Å². The van der Waals surface area contributed by atoms with Crippen molar-refractivity contribution in [3.63, 3.8) is 0 Å². The lowest BCUT2D eigenvalue weighted by molar-refractivity contribution is -0.116. The molecule has 0 unspecified atom stereocenters. The number of fused-ring (bicyclic) bond motifs is 5. The number of hydrogen-bond acceptors (Lipinski definition) is 1. The van der Waals surface area contributed by atoms with Gasteiger partial charge in [0.25, 0.3) is 5.91 Å². The van der Waals surface area contributed by atoms with Crippen molar-refractivity contribution in [2.75, 3.05) is 0 Å². The van der Waals surface area contributed by atoms with Crippen LogP contribution in [0.25, 0.3) is 0 Å². The summed E-state index contributed by atoms with van der Waals surface area (Å²) in [6.07, 6.45) is 13.8. The fourth-order valence-corrected chi connectivity index (χ4v) is 8.28. The highest BCUT2D eigenvalue weighted by atomic mass is 16.1. The molecule has 5 rings (SSSR count). The molecular formula is C26H37NO. The molecule has 0 saturated heterocycles.